The van der Waals surface area contributed by atoms with Crippen LogP contribution in [0.5, 0.6) is 0 Å². The SMILES string of the molecule is C=C(O)c1cc(N2CC(C3(N)CC3)C2)c2ccc(Sc3nc(N4CC[C@H](N)C4)c4c(Cl)c(CC)[nH]c4n3)cc2n1. The van der Waals surface area contributed by atoms with E-state index in [9.17, 15) is 5.11 Å². The number of hydrogen-bond donors (Lipinski definition) is 4. The van der Waals surface area contributed by atoms with E-state index < -0.39 is 0 Å². The number of aromatic amines is 1. The Morgan fingerprint density at radius 1 is 1.20 bits per heavy atom. The number of pyridine rings is 1. The molecule has 7 rings (SSSR count). The zero-order chi connectivity index (χ0) is 27.8. The van der Waals surface area contributed by atoms with Crippen LogP contribution >= 0.6 is 23.4 Å². The molecule has 4 aromatic rings. The number of hydrogen-bond acceptors (Lipinski definition) is 9. The summed E-state index contributed by atoms with van der Waals surface area (Å²) in [6.07, 6.45) is 3.91. The van der Waals surface area contributed by atoms with E-state index in [1.807, 2.05) is 12.1 Å². The van der Waals surface area contributed by atoms with Crippen molar-refractivity contribution in [3.8, 4) is 0 Å². The molecule has 1 aliphatic carbocycles. The third-order valence-corrected chi connectivity index (χ3v) is 9.90. The minimum atomic E-state index is -0.0478. The highest BCUT2D eigenvalue weighted by Crippen LogP contribution is 2.46. The lowest BCUT2D eigenvalue weighted by Gasteiger charge is -2.44. The predicted molar refractivity (Wildman–Crippen MR) is 162 cm³/mol. The average Bonchev–Trinajstić information content (AvgIpc) is 3.33. The lowest BCUT2D eigenvalue weighted by Crippen LogP contribution is -2.56. The summed E-state index contributed by atoms with van der Waals surface area (Å²) in [5.74, 6) is 1.28. The number of nitrogens with two attached hydrogens (primary N) is 2. The molecular formula is C29H33ClN8OS. The molecule has 208 valence electrons. The smallest absolute Gasteiger partial charge is 0.196 e. The summed E-state index contributed by atoms with van der Waals surface area (Å²) < 4.78 is 0. The minimum Gasteiger partial charge on any atom is -0.506 e. The van der Waals surface area contributed by atoms with E-state index in [0.717, 1.165) is 95.9 Å². The van der Waals surface area contributed by atoms with Crippen molar-refractivity contribution in [3.05, 3.63) is 47.3 Å². The van der Waals surface area contributed by atoms with Crippen LogP contribution in [0.3, 0.4) is 0 Å². The van der Waals surface area contributed by atoms with Gasteiger partial charge in [-0.2, -0.15) is 0 Å². The summed E-state index contributed by atoms with van der Waals surface area (Å²) in [6, 6.07) is 8.23. The van der Waals surface area contributed by atoms with Crippen molar-refractivity contribution in [3.63, 3.8) is 0 Å². The van der Waals surface area contributed by atoms with E-state index in [4.69, 9.17) is 38.0 Å². The van der Waals surface area contributed by atoms with E-state index in [2.05, 4.69) is 40.4 Å². The number of aliphatic hydroxyl groups is 1. The van der Waals surface area contributed by atoms with Gasteiger partial charge in [0, 0.05) is 65.3 Å². The summed E-state index contributed by atoms with van der Waals surface area (Å²) in [6.45, 7) is 9.19. The topological polar surface area (TPSA) is 133 Å². The summed E-state index contributed by atoms with van der Waals surface area (Å²) in [5, 5.41) is 13.4. The number of aryl methyl sites for hydroxylation is 1. The predicted octanol–water partition coefficient (Wildman–Crippen LogP) is 4.87. The van der Waals surface area contributed by atoms with E-state index >= 15 is 0 Å². The Labute approximate surface area is 242 Å². The van der Waals surface area contributed by atoms with Gasteiger partial charge >= 0.3 is 0 Å². The molecule has 2 saturated heterocycles. The largest absolute Gasteiger partial charge is 0.506 e. The molecule has 3 aromatic heterocycles. The van der Waals surface area contributed by atoms with Crippen LogP contribution in [0.25, 0.3) is 27.7 Å². The van der Waals surface area contributed by atoms with Crippen molar-refractivity contribution in [2.45, 2.75) is 54.2 Å². The molecular weight excluding hydrogens is 544 g/mol. The molecule has 6 N–H and O–H groups in total. The molecule has 0 bridgehead atoms. The van der Waals surface area contributed by atoms with Crippen LogP contribution in [0, 0.1) is 5.92 Å². The van der Waals surface area contributed by atoms with E-state index in [1.165, 1.54) is 11.8 Å². The first-order chi connectivity index (χ1) is 19.2. The Hall–Kier alpha value is -3.05. The first-order valence-electron chi connectivity index (χ1n) is 13.9. The van der Waals surface area contributed by atoms with Gasteiger partial charge in [0.25, 0.3) is 0 Å². The quantitative estimate of drug-likeness (QED) is 0.180. The van der Waals surface area contributed by atoms with Crippen LogP contribution in [0.1, 0.15) is 37.6 Å². The van der Waals surface area contributed by atoms with Crippen LogP contribution in [0.2, 0.25) is 5.02 Å². The number of aromatic nitrogens is 4. The minimum absolute atomic E-state index is 0.00783. The summed E-state index contributed by atoms with van der Waals surface area (Å²) in [4.78, 5) is 23.4. The van der Waals surface area contributed by atoms with Crippen molar-refractivity contribution in [2.75, 3.05) is 36.0 Å². The fourth-order valence-corrected chi connectivity index (χ4v) is 7.07. The molecule has 3 aliphatic rings. The van der Waals surface area contributed by atoms with Crippen LogP contribution in [0.15, 0.2) is 40.9 Å². The molecule has 0 amide bonds. The lowest BCUT2D eigenvalue weighted by molar-refractivity contribution is 0.325. The Bertz CT molecular complexity index is 1660. The molecule has 1 aromatic carbocycles. The normalized spacial score (nSPS) is 20.4. The molecule has 3 fully saturated rings. The van der Waals surface area contributed by atoms with Crippen molar-refractivity contribution in [1.29, 1.82) is 0 Å². The Kier molecular flexibility index (Phi) is 6.16. The number of anilines is 2. The van der Waals surface area contributed by atoms with Gasteiger partial charge in [-0.05, 0) is 61.7 Å². The summed E-state index contributed by atoms with van der Waals surface area (Å²) in [5.41, 5.74) is 16.7. The molecule has 1 saturated carbocycles. The number of halogens is 1. The highest BCUT2D eigenvalue weighted by molar-refractivity contribution is 7.99. The van der Waals surface area contributed by atoms with Crippen molar-refractivity contribution in [2.24, 2.45) is 17.4 Å². The Morgan fingerprint density at radius 3 is 2.67 bits per heavy atom. The summed E-state index contributed by atoms with van der Waals surface area (Å²) >= 11 is 8.24. The fraction of sp³-hybridized carbons (Fsp3) is 0.414. The number of rotatable bonds is 7. The van der Waals surface area contributed by atoms with Crippen molar-refractivity contribution >= 4 is 62.6 Å². The second kappa shape index (κ2) is 9.51. The maximum atomic E-state index is 10.2. The summed E-state index contributed by atoms with van der Waals surface area (Å²) in [7, 11) is 0. The van der Waals surface area contributed by atoms with E-state index in [-0.39, 0.29) is 17.3 Å². The Balaban J connectivity index is 1.25. The molecule has 0 spiro atoms. The van der Waals surface area contributed by atoms with Crippen molar-refractivity contribution < 1.29 is 5.11 Å². The van der Waals surface area contributed by atoms with E-state index in [0.29, 0.717) is 21.8 Å². The van der Waals surface area contributed by atoms with Gasteiger partial charge in [0.1, 0.15) is 22.9 Å². The third kappa shape index (κ3) is 4.38. The standard InChI is InChI=1S/C29H33ClN8OS/c1-3-20-25(30)24-26(34-20)35-28(36-27(24)37-9-6-17(31)14-37)40-18-4-5-19-22(10-18)33-21(15(2)39)11-23(19)38-12-16(13-38)29(32)7-8-29/h4-5,10-11,16-17,39H,2-3,6-9,12-14,31-32H2,1H3,(H,34,35,36)/t17-/m0/s1. The first kappa shape index (κ1) is 25.9. The van der Waals surface area contributed by atoms with Crippen LogP contribution in [-0.4, -0.2) is 62.8 Å². The second-order valence-electron chi connectivity index (χ2n) is 11.4. The molecule has 2 aliphatic heterocycles. The van der Waals surface area contributed by atoms with Gasteiger partial charge in [0.15, 0.2) is 5.16 Å². The molecule has 9 nitrogen and oxygen atoms in total. The van der Waals surface area contributed by atoms with Gasteiger partial charge in [0.2, 0.25) is 0 Å². The average molecular weight is 577 g/mol. The maximum absolute atomic E-state index is 10.2. The number of H-pyrrole nitrogens is 1. The van der Waals surface area contributed by atoms with Crippen molar-refractivity contribution in [1.82, 2.24) is 19.9 Å². The fourth-order valence-electron chi connectivity index (χ4n) is 5.93. The first-order valence-corrected chi connectivity index (χ1v) is 15.0. The molecule has 1 atom stereocenters. The van der Waals surface area contributed by atoms with Gasteiger partial charge in [-0.3, -0.25) is 0 Å². The van der Waals surface area contributed by atoms with Gasteiger partial charge in [-0.1, -0.05) is 25.1 Å². The lowest BCUT2D eigenvalue weighted by atomic mass is 9.89. The van der Waals surface area contributed by atoms with Crippen LogP contribution in [0.4, 0.5) is 11.5 Å². The third-order valence-electron chi connectivity index (χ3n) is 8.63. The number of fused-ring (bicyclic) bond motifs is 2. The highest BCUT2D eigenvalue weighted by atomic mass is 35.5. The van der Waals surface area contributed by atoms with Gasteiger partial charge in [0.05, 0.1) is 15.9 Å². The number of nitrogens with one attached hydrogen (secondary N) is 1. The zero-order valence-corrected chi connectivity index (χ0v) is 24.0. The second-order valence-corrected chi connectivity index (χ2v) is 12.8. The Morgan fingerprint density at radius 2 is 2.00 bits per heavy atom. The molecule has 40 heavy (non-hydrogen) atoms. The van der Waals surface area contributed by atoms with E-state index in [1.54, 1.807) is 0 Å². The molecule has 5 heterocycles. The number of nitrogens with zero attached hydrogens (tertiary/aromatic N) is 5. The van der Waals surface area contributed by atoms with Crippen LogP contribution in [-0.2, 0) is 6.42 Å². The molecule has 0 radical (unpaired) electrons. The van der Waals surface area contributed by atoms with Gasteiger partial charge in [-0.25, -0.2) is 15.0 Å². The monoisotopic (exact) mass is 576 g/mol. The zero-order valence-electron chi connectivity index (χ0n) is 22.5. The molecule has 11 heteroatoms. The molecule has 0 unspecified atom stereocenters. The highest BCUT2D eigenvalue weighted by Gasteiger charge is 2.50. The maximum Gasteiger partial charge on any atom is 0.196 e. The number of benzene rings is 1. The van der Waals surface area contributed by atoms with Gasteiger partial charge in [-0.15, -0.1) is 0 Å². The number of aliphatic hydroxyl groups excluding tert-OH is 1. The van der Waals surface area contributed by atoms with Crippen LogP contribution < -0.4 is 21.3 Å². The van der Waals surface area contributed by atoms with Gasteiger partial charge < -0.3 is 31.4 Å².